The number of hydrogen-bond acceptors (Lipinski definition) is 7. The predicted octanol–water partition coefficient (Wildman–Crippen LogP) is 2.91. The summed E-state index contributed by atoms with van der Waals surface area (Å²) in [6, 6.07) is 11.6. The molecule has 4 aromatic heterocycles. The number of fused-ring (bicyclic) bond motifs is 2. The second-order valence-corrected chi connectivity index (χ2v) is 6.14. The van der Waals surface area contributed by atoms with E-state index < -0.39 is 0 Å². The van der Waals surface area contributed by atoms with E-state index in [4.69, 9.17) is 4.74 Å². The van der Waals surface area contributed by atoms with Crippen LogP contribution in [0.3, 0.4) is 0 Å². The number of H-pyrrole nitrogens is 2. The summed E-state index contributed by atoms with van der Waals surface area (Å²) in [5, 5.41) is 3.32. The molecule has 4 heterocycles. The number of ether oxygens (including phenoxy) is 1. The second-order valence-electron chi connectivity index (χ2n) is 6.14. The summed E-state index contributed by atoms with van der Waals surface area (Å²) in [7, 11) is 1.58. The maximum absolute atomic E-state index is 5.11. The van der Waals surface area contributed by atoms with Crippen molar-refractivity contribution in [1.29, 1.82) is 0 Å². The largest absolute Gasteiger partial charge is 0.481 e. The van der Waals surface area contributed by atoms with Crippen molar-refractivity contribution in [2.75, 3.05) is 12.4 Å². The molecule has 5 rings (SSSR count). The Hall–Kier alpha value is -4.01. The smallest absolute Gasteiger partial charge is 0.212 e. The van der Waals surface area contributed by atoms with Gasteiger partial charge in [-0.25, -0.2) is 24.9 Å². The zero-order chi connectivity index (χ0) is 18.9. The molecule has 9 nitrogen and oxygen atoms in total. The van der Waals surface area contributed by atoms with Crippen LogP contribution in [-0.4, -0.2) is 42.0 Å². The summed E-state index contributed by atoms with van der Waals surface area (Å²) in [4.78, 5) is 28.6. The fourth-order valence-corrected chi connectivity index (χ4v) is 2.98. The van der Waals surface area contributed by atoms with Gasteiger partial charge in [-0.1, -0.05) is 12.1 Å². The fourth-order valence-electron chi connectivity index (χ4n) is 2.98. The van der Waals surface area contributed by atoms with Crippen LogP contribution >= 0.6 is 0 Å². The Morgan fingerprint density at radius 2 is 1.96 bits per heavy atom. The Kier molecular flexibility index (Phi) is 3.82. The van der Waals surface area contributed by atoms with Crippen molar-refractivity contribution in [2.24, 2.45) is 0 Å². The molecule has 0 saturated heterocycles. The van der Waals surface area contributed by atoms with E-state index in [0.29, 0.717) is 29.7 Å². The van der Waals surface area contributed by atoms with Crippen LogP contribution in [0, 0.1) is 0 Å². The maximum atomic E-state index is 5.11. The first-order chi connectivity index (χ1) is 13.8. The third kappa shape index (κ3) is 2.88. The quantitative estimate of drug-likeness (QED) is 0.434. The predicted molar refractivity (Wildman–Crippen MR) is 105 cm³/mol. The van der Waals surface area contributed by atoms with E-state index in [2.05, 4.69) is 40.2 Å². The van der Waals surface area contributed by atoms with Crippen LogP contribution in [0.2, 0.25) is 0 Å². The van der Waals surface area contributed by atoms with Crippen LogP contribution < -0.4 is 10.1 Å². The molecule has 3 N–H and O–H groups in total. The third-order valence-corrected chi connectivity index (χ3v) is 4.35. The molecule has 5 aromatic rings. The molecule has 0 radical (unpaired) electrons. The third-order valence-electron chi connectivity index (χ3n) is 4.35. The van der Waals surface area contributed by atoms with Gasteiger partial charge < -0.3 is 20.0 Å². The Morgan fingerprint density at radius 3 is 2.79 bits per heavy atom. The average Bonchev–Trinajstić information content (AvgIpc) is 3.38. The van der Waals surface area contributed by atoms with Crippen LogP contribution in [-0.2, 0) is 6.54 Å². The van der Waals surface area contributed by atoms with Crippen LogP contribution in [0.1, 0.15) is 5.82 Å². The van der Waals surface area contributed by atoms with E-state index in [9.17, 15) is 0 Å². The van der Waals surface area contributed by atoms with Crippen molar-refractivity contribution < 1.29 is 4.74 Å². The van der Waals surface area contributed by atoms with Crippen molar-refractivity contribution in [3.05, 3.63) is 54.7 Å². The SMILES string of the molecule is COc1ccc(-c2nc(NCc3nc4ccccc4[nH]3)c3[nH]cnc3n2)cn1. The molecule has 1 aromatic carbocycles. The van der Waals surface area contributed by atoms with Crippen LogP contribution in [0.15, 0.2) is 48.9 Å². The van der Waals surface area contributed by atoms with Crippen LogP contribution in [0.25, 0.3) is 33.6 Å². The van der Waals surface area contributed by atoms with Crippen molar-refractivity contribution in [2.45, 2.75) is 6.54 Å². The van der Waals surface area contributed by atoms with Crippen molar-refractivity contribution in [3.8, 4) is 17.3 Å². The highest BCUT2D eigenvalue weighted by molar-refractivity contribution is 5.84. The van der Waals surface area contributed by atoms with Gasteiger partial charge in [-0.15, -0.1) is 0 Å². The molecule has 9 heteroatoms. The number of methoxy groups -OCH3 is 1. The number of aromatic nitrogens is 7. The van der Waals surface area contributed by atoms with Gasteiger partial charge in [-0.2, -0.15) is 0 Å². The normalized spacial score (nSPS) is 11.2. The molecule has 0 saturated carbocycles. The summed E-state index contributed by atoms with van der Waals surface area (Å²) in [6.45, 7) is 0.486. The summed E-state index contributed by atoms with van der Waals surface area (Å²) in [5.74, 6) is 2.53. The summed E-state index contributed by atoms with van der Waals surface area (Å²) in [6.07, 6.45) is 3.28. The topological polar surface area (TPSA) is 117 Å². The number of pyridine rings is 1. The molecule has 0 atom stereocenters. The van der Waals surface area contributed by atoms with Gasteiger partial charge in [0.15, 0.2) is 17.3 Å². The number of benzene rings is 1. The molecule has 0 amide bonds. The van der Waals surface area contributed by atoms with Gasteiger partial charge in [0.25, 0.3) is 0 Å². The highest BCUT2D eigenvalue weighted by Gasteiger charge is 2.12. The molecule has 0 aliphatic carbocycles. The molecule has 0 aliphatic heterocycles. The van der Waals surface area contributed by atoms with Gasteiger partial charge in [0.1, 0.15) is 11.3 Å². The minimum absolute atomic E-state index is 0.486. The number of nitrogens with zero attached hydrogens (tertiary/aromatic N) is 5. The van der Waals surface area contributed by atoms with E-state index in [1.807, 2.05) is 30.3 Å². The highest BCUT2D eigenvalue weighted by Crippen LogP contribution is 2.23. The molecule has 138 valence electrons. The van der Waals surface area contributed by atoms with Crippen molar-refractivity contribution in [1.82, 2.24) is 34.9 Å². The van der Waals surface area contributed by atoms with Gasteiger partial charge in [0, 0.05) is 17.8 Å². The minimum atomic E-state index is 0.486. The Bertz CT molecular complexity index is 1230. The van der Waals surface area contributed by atoms with Gasteiger partial charge in [-0.3, -0.25) is 0 Å². The highest BCUT2D eigenvalue weighted by atomic mass is 16.5. The Balaban J connectivity index is 1.48. The lowest BCUT2D eigenvalue weighted by atomic mass is 10.2. The molecular weight excluding hydrogens is 356 g/mol. The number of rotatable bonds is 5. The molecule has 28 heavy (non-hydrogen) atoms. The van der Waals surface area contributed by atoms with E-state index >= 15 is 0 Å². The minimum Gasteiger partial charge on any atom is -0.481 e. The van der Waals surface area contributed by atoms with E-state index in [-0.39, 0.29) is 0 Å². The van der Waals surface area contributed by atoms with Crippen LogP contribution in [0.5, 0.6) is 5.88 Å². The van der Waals surface area contributed by atoms with Crippen molar-refractivity contribution >= 4 is 28.0 Å². The lowest BCUT2D eigenvalue weighted by Crippen LogP contribution is -2.05. The standard InChI is InChI=1S/C19H16N8O/c1-28-15-7-6-11(8-20-15)17-26-18(16-19(27-17)23-10-22-16)21-9-14-24-12-4-2-3-5-13(12)25-14/h2-8,10H,9H2,1H3,(H,24,25)(H2,21,22,23,26,27). The van der Waals surface area contributed by atoms with E-state index in [1.165, 1.54) is 0 Å². The van der Waals surface area contributed by atoms with Crippen LogP contribution in [0.4, 0.5) is 5.82 Å². The fraction of sp³-hybridized carbons (Fsp3) is 0.105. The number of hydrogen-bond donors (Lipinski definition) is 3. The van der Waals surface area contributed by atoms with Gasteiger partial charge in [0.05, 0.1) is 31.0 Å². The zero-order valence-electron chi connectivity index (χ0n) is 15.0. The van der Waals surface area contributed by atoms with Gasteiger partial charge in [-0.05, 0) is 18.2 Å². The van der Waals surface area contributed by atoms with Gasteiger partial charge in [0.2, 0.25) is 5.88 Å². The summed E-state index contributed by atoms with van der Waals surface area (Å²) in [5.41, 5.74) is 4.02. The number of imidazole rings is 2. The first-order valence-corrected chi connectivity index (χ1v) is 8.69. The Labute approximate surface area is 159 Å². The lowest BCUT2D eigenvalue weighted by molar-refractivity contribution is 0.398. The first-order valence-electron chi connectivity index (χ1n) is 8.69. The second kappa shape index (κ2) is 6.62. The van der Waals surface area contributed by atoms with Gasteiger partial charge >= 0.3 is 0 Å². The molecule has 0 fully saturated rings. The summed E-state index contributed by atoms with van der Waals surface area (Å²) >= 11 is 0. The molecule has 0 bridgehead atoms. The van der Waals surface area contributed by atoms with E-state index in [0.717, 1.165) is 27.9 Å². The number of para-hydroxylation sites is 2. The molecule has 0 unspecified atom stereocenters. The van der Waals surface area contributed by atoms with Crippen molar-refractivity contribution in [3.63, 3.8) is 0 Å². The maximum Gasteiger partial charge on any atom is 0.212 e. The first kappa shape index (κ1) is 16.2. The Morgan fingerprint density at radius 1 is 1.04 bits per heavy atom. The summed E-state index contributed by atoms with van der Waals surface area (Å²) < 4.78 is 5.11. The average molecular weight is 372 g/mol. The zero-order valence-corrected chi connectivity index (χ0v) is 15.0. The number of nitrogens with one attached hydrogen (secondary N) is 3. The van der Waals surface area contributed by atoms with E-state index in [1.54, 1.807) is 25.7 Å². The molecule has 0 spiro atoms. The molecular formula is C19H16N8O. The number of anilines is 1. The number of aromatic amines is 2. The lowest BCUT2D eigenvalue weighted by Gasteiger charge is -2.07. The monoisotopic (exact) mass is 372 g/mol. The molecule has 0 aliphatic rings.